The highest BCUT2D eigenvalue weighted by Crippen LogP contribution is 2.32. The zero-order valence-corrected chi connectivity index (χ0v) is 13.5. The van der Waals surface area contributed by atoms with Crippen LogP contribution in [-0.2, 0) is 9.53 Å². The van der Waals surface area contributed by atoms with Crippen molar-refractivity contribution < 1.29 is 9.53 Å². The van der Waals surface area contributed by atoms with Crippen LogP contribution in [0.25, 0.3) is 6.08 Å². The fourth-order valence-electron chi connectivity index (χ4n) is 1.62. The van der Waals surface area contributed by atoms with E-state index in [-0.39, 0.29) is 5.91 Å². The van der Waals surface area contributed by atoms with Crippen LogP contribution < -0.4 is 0 Å². The van der Waals surface area contributed by atoms with Crippen LogP contribution in [0.15, 0.2) is 33.6 Å². The first-order chi connectivity index (χ1) is 9.11. The van der Waals surface area contributed by atoms with E-state index in [9.17, 15) is 4.79 Å². The summed E-state index contributed by atoms with van der Waals surface area (Å²) in [6, 6.07) is 7.79. The molecular formula is C13H12BrNO2S2. The van der Waals surface area contributed by atoms with Gasteiger partial charge in [0.1, 0.15) is 4.32 Å². The highest BCUT2D eigenvalue weighted by Gasteiger charge is 2.31. The van der Waals surface area contributed by atoms with Crippen molar-refractivity contribution in [1.82, 2.24) is 4.90 Å². The third-order valence-electron chi connectivity index (χ3n) is 2.54. The molecule has 3 nitrogen and oxygen atoms in total. The zero-order chi connectivity index (χ0) is 13.8. The Balaban J connectivity index is 2.18. The van der Waals surface area contributed by atoms with Gasteiger partial charge < -0.3 is 4.74 Å². The average Bonchev–Trinajstić information content (AvgIpc) is 2.62. The predicted octanol–water partition coefficient (Wildman–Crippen LogP) is 3.30. The zero-order valence-electron chi connectivity index (χ0n) is 10.3. The van der Waals surface area contributed by atoms with Crippen molar-refractivity contribution in [2.45, 2.75) is 0 Å². The van der Waals surface area contributed by atoms with Gasteiger partial charge in [-0.05, 0) is 23.8 Å². The summed E-state index contributed by atoms with van der Waals surface area (Å²) in [7, 11) is 1.61. The standard InChI is InChI=1S/C13H12BrNO2S2/c1-17-6-5-15-12(16)11(19-13(15)18)8-9-3-2-4-10(14)7-9/h2-4,7-8H,5-6H2,1H3/b11-8+. The van der Waals surface area contributed by atoms with E-state index in [0.29, 0.717) is 22.4 Å². The van der Waals surface area contributed by atoms with Crippen molar-refractivity contribution >= 4 is 56.2 Å². The van der Waals surface area contributed by atoms with Crippen molar-refractivity contribution in [3.05, 3.63) is 39.2 Å². The molecule has 100 valence electrons. The average molecular weight is 358 g/mol. The molecule has 0 N–H and O–H groups in total. The third kappa shape index (κ3) is 3.66. The van der Waals surface area contributed by atoms with Gasteiger partial charge in [-0.15, -0.1) is 0 Å². The van der Waals surface area contributed by atoms with Crippen molar-refractivity contribution in [1.29, 1.82) is 0 Å². The fourth-order valence-corrected chi connectivity index (χ4v) is 3.35. The number of thiocarbonyl (C=S) groups is 1. The van der Waals surface area contributed by atoms with Gasteiger partial charge in [-0.3, -0.25) is 9.69 Å². The van der Waals surface area contributed by atoms with Gasteiger partial charge >= 0.3 is 0 Å². The van der Waals surface area contributed by atoms with Gasteiger partial charge in [-0.25, -0.2) is 0 Å². The van der Waals surface area contributed by atoms with E-state index in [1.54, 1.807) is 12.0 Å². The monoisotopic (exact) mass is 357 g/mol. The number of methoxy groups -OCH3 is 1. The van der Waals surface area contributed by atoms with Gasteiger partial charge in [0.2, 0.25) is 0 Å². The van der Waals surface area contributed by atoms with Crippen LogP contribution in [0, 0.1) is 0 Å². The third-order valence-corrected chi connectivity index (χ3v) is 4.41. The Morgan fingerprint density at radius 3 is 3.00 bits per heavy atom. The Morgan fingerprint density at radius 2 is 2.32 bits per heavy atom. The number of ether oxygens (including phenoxy) is 1. The number of carbonyl (C=O) groups is 1. The summed E-state index contributed by atoms with van der Waals surface area (Å²) in [6.45, 7) is 0.980. The summed E-state index contributed by atoms with van der Waals surface area (Å²) < 4.78 is 6.55. The highest BCUT2D eigenvalue weighted by atomic mass is 79.9. The number of rotatable bonds is 4. The number of hydrogen-bond donors (Lipinski definition) is 0. The molecule has 2 rings (SSSR count). The van der Waals surface area contributed by atoms with Crippen LogP contribution >= 0.6 is 39.9 Å². The molecule has 0 radical (unpaired) electrons. The second kappa shape index (κ2) is 6.65. The maximum Gasteiger partial charge on any atom is 0.266 e. The summed E-state index contributed by atoms with van der Waals surface area (Å²) in [4.78, 5) is 14.4. The molecule has 1 fully saturated rings. The molecule has 0 aromatic heterocycles. The van der Waals surface area contributed by atoms with Gasteiger partial charge in [0, 0.05) is 11.6 Å². The number of carbonyl (C=O) groups excluding carboxylic acids is 1. The van der Waals surface area contributed by atoms with Crippen LogP contribution in [0.4, 0.5) is 0 Å². The van der Waals surface area contributed by atoms with E-state index in [4.69, 9.17) is 17.0 Å². The molecule has 0 aliphatic carbocycles. The number of nitrogens with zero attached hydrogens (tertiary/aromatic N) is 1. The molecule has 1 heterocycles. The molecule has 19 heavy (non-hydrogen) atoms. The Kier molecular flexibility index (Phi) is 5.15. The smallest absolute Gasteiger partial charge is 0.266 e. The maximum absolute atomic E-state index is 12.2. The molecule has 1 saturated heterocycles. The van der Waals surface area contributed by atoms with E-state index in [1.807, 2.05) is 30.3 Å². The van der Waals surface area contributed by atoms with Gasteiger partial charge in [-0.2, -0.15) is 0 Å². The molecule has 0 atom stereocenters. The molecule has 1 aliphatic rings. The molecule has 0 unspecified atom stereocenters. The van der Waals surface area contributed by atoms with E-state index in [0.717, 1.165) is 10.0 Å². The lowest BCUT2D eigenvalue weighted by molar-refractivity contribution is -0.122. The molecule has 1 amide bonds. The number of hydrogen-bond acceptors (Lipinski definition) is 4. The van der Waals surface area contributed by atoms with E-state index in [2.05, 4.69) is 15.9 Å². The minimum absolute atomic E-state index is 0.0491. The van der Waals surface area contributed by atoms with Crippen LogP contribution in [0.2, 0.25) is 0 Å². The van der Waals surface area contributed by atoms with E-state index < -0.39 is 0 Å². The second-order valence-electron chi connectivity index (χ2n) is 3.88. The largest absolute Gasteiger partial charge is 0.383 e. The minimum atomic E-state index is -0.0491. The number of benzene rings is 1. The molecule has 1 aliphatic heterocycles. The molecule has 0 bridgehead atoms. The minimum Gasteiger partial charge on any atom is -0.383 e. The Morgan fingerprint density at radius 1 is 1.53 bits per heavy atom. The second-order valence-corrected chi connectivity index (χ2v) is 6.47. The lowest BCUT2D eigenvalue weighted by Crippen LogP contribution is -2.31. The van der Waals surface area contributed by atoms with Crippen molar-refractivity contribution in [3.63, 3.8) is 0 Å². The molecule has 1 aromatic carbocycles. The van der Waals surface area contributed by atoms with Gasteiger partial charge in [0.25, 0.3) is 5.91 Å². The normalized spacial score (nSPS) is 17.6. The summed E-state index contributed by atoms with van der Waals surface area (Å²) in [6.07, 6.45) is 1.86. The number of halogens is 1. The Labute approximate surface area is 130 Å². The molecule has 0 spiro atoms. The van der Waals surface area contributed by atoms with Crippen LogP contribution in [-0.4, -0.2) is 35.4 Å². The first-order valence-electron chi connectivity index (χ1n) is 5.61. The van der Waals surface area contributed by atoms with E-state index >= 15 is 0 Å². The van der Waals surface area contributed by atoms with Crippen molar-refractivity contribution in [2.24, 2.45) is 0 Å². The quantitative estimate of drug-likeness (QED) is 0.610. The van der Waals surface area contributed by atoms with Crippen LogP contribution in [0.5, 0.6) is 0 Å². The van der Waals surface area contributed by atoms with E-state index in [1.165, 1.54) is 11.8 Å². The molecule has 1 aromatic rings. The first kappa shape index (κ1) is 14.7. The predicted molar refractivity (Wildman–Crippen MR) is 85.9 cm³/mol. The summed E-state index contributed by atoms with van der Waals surface area (Å²) in [5.74, 6) is -0.0491. The highest BCUT2D eigenvalue weighted by molar-refractivity contribution is 9.10. The Hall–Kier alpha value is -0.690. The van der Waals surface area contributed by atoms with Crippen molar-refractivity contribution in [2.75, 3.05) is 20.3 Å². The van der Waals surface area contributed by atoms with Crippen molar-refractivity contribution in [3.8, 4) is 0 Å². The van der Waals surface area contributed by atoms with Gasteiger partial charge in [0.05, 0.1) is 18.1 Å². The van der Waals surface area contributed by atoms with Crippen LogP contribution in [0.3, 0.4) is 0 Å². The number of thioether (sulfide) groups is 1. The topological polar surface area (TPSA) is 29.5 Å². The van der Waals surface area contributed by atoms with Gasteiger partial charge in [0.15, 0.2) is 0 Å². The lowest BCUT2D eigenvalue weighted by atomic mass is 10.2. The molecule has 0 saturated carbocycles. The lowest BCUT2D eigenvalue weighted by Gasteiger charge is -2.12. The summed E-state index contributed by atoms with van der Waals surface area (Å²) in [5, 5.41) is 0. The fraction of sp³-hybridized carbons (Fsp3) is 0.231. The number of amides is 1. The maximum atomic E-state index is 12.2. The SMILES string of the molecule is COCCN1C(=O)/C(=C\c2cccc(Br)c2)SC1=S. The molecule has 6 heteroatoms. The Bertz CT molecular complexity index is 545. The summed E-state index contributed by atoms with van der Waals surface area (Å²) in [5.41, 5.74) is 0.974. The van der Waals surface area contributed by atoms with Gasteiger partial charge in [-0.1, -0.05) is 52.0 Å². The molecular weight excluding hydrogens is 346 g/mol. The first-order valence-corrected chi connectivity index (χ1v) is 7.63. The van der Waals surface area contributed by atoms with Crippen LogP contribution in [0.1, 0.15) is 5.56 Å². The summed E-state index contributed by atoms with van der Waals surface area (Å²) >= 11 is 9.95.